The van der Waals surface area contributed by atoms with Crippen molar-refractivity contribution in [1.82, 2.24) is 0 Å². The molecule has 0 amide bonds. The Bertz CT molecular complexity index is 1110. The minimum Gasteiger partial charge on any atom is -0.477 e. The second-order valence-corrected chi connectivity index (χ2v) is 7.24. The van der Waals surface area contributed by atoms with Gasteiger partial charge in [-0.25, -0.2) is 0 Å². The largest absolute Gasteiger partial charge is 0.477 e. The molecule has 0 fully saturated rings. The Morgan fingerprint density at radius 1 is 0.815 bits per heavy atom. The Balaban J connectivity index is 1.71. The summed E-state index contributed by atoms with van der Waals surface area (Å²) in [5, 5.41) is 0.680. The molecule has 5 rings (SSSR count). The van der Waals surface area contributed by atoms with Crippen LogP contribution in [0.4, 0.5) is 0 Å². The molecule has 2 heterocycles. The number of halogens is 1. The van der Waals surface area contributed by atoms with Gasteiger partial charge in [0.1, 0.15) is 11.5 Å². The van der Waals surface area contributed by atoms with Crippen LogP contribution in [0.2, 0.25) is 5.02 Å². The topological polar surface area (TPSA) is 22.4 Å². The standard InChI is InChI=1S/C24H17ClO2/c1-15-7-9-17(10-8-15)23-24-20(19-13-18(25)11-12-21(19)26-23)14-22(27-24)16-5-3-2-4-6-16/h2-14,23H,1H3. The zero-order chi connectivity index (χ0) is 18.4. The number of hydrogen-bond acceptors (Lipinski definition) is 2. The average Bonchev–Trinajstić information content (AvgIpc) is 3.15. The van der Waals surface area contributed by atoms with Gasteiger partial charge < -0.3 is 9.15 Å². The zero-order valence-electron chi connectivity index (χ0n) is 14.8. The number of fused-ring (bicyclic) bond motifs is 3. The molecule has 2 nitrogen and oxygen atoms in total. The molecule has 0 radical (unpaired) electrons. The maximum atomic E-state index is 6.34. The summed E-state index contributed by atoms with van der Waals surface area (Å²) in [7, 11) is 0. The van der Waals surface area contributed by atoms with Gasteiger partial charge in [-0.3, -0.25) is 0 Å². The van der Waals surface area contributed by atoms with Crippen molar-refractivity contribution < 1.29 is 9.15 Å². The molecule has 132 valence electrons. The highest BCUT2D eigenvalue weighted by Crippen LogP contribution is 2.48. The van der Waals surface area contributed by atoms with Crippen LogP contribution in [0.1, 0.15) is 23.0 Å². The fourth-order valence-corrected chi connectivity index (χ4v) is 3.68. The van der Waals surface area contributed by atoms with Crippen LogP contribution in [0, 0.1) is 6.92 Å². The van der Waals surface area contributed by atoms with Gasteiger partial charge in [0, 0.05) is 27.3 Å². The third-order valence-corrected chi connectivity index (χ3v) is 5.15. The van der Waals surface area contributed by atoms with Crippen LogP contribution < -0.4 is 4.74 Å². The van der Waals surface area contributed by atoms with Gasteiger partial charge in [0.25, 0.3) is 0 Å². The quantitative estimate of drug-likeness (QED) is 0.376. The summed E-state index contributed by atoms with van der Waals surface area (Å²) in [6, 6.07) is 26.3. The summed E-state index contributed by atoms with van der Waals surface area (Å²) in [5.74, 6) is 2.46. The molecular formula is C24H17ClO2. The molecule has 27 heavy (non-hydrogen) atoms. The Morgan fingerprint density at radius 3 is 2.37 bits per heavy atom. The highest BCUT2D eigenvalue weighted by Gasteiger charge is 2.32. The first-order valence-corrected chi connectivity index (χ1v) is 9.29. The zero-order valence-corrected chi connectivity index (χ0v) is 15.5. The summed E-state index contributed by atoms with van der Waals surface area (Å²) in [4.78, 5) is 0. The molecule has 1 atom stereocenters. The molecule has 0 saturated heterocycles. The van der Waals surface area contributed by atoms with Gasteiger partial charge in [0.2, 0.25) is 0 Å². The summed E-state index contributed by atoms with van der Waals surface area (Å²) < 4.78 is 12.7. The second kappa shape index (κ2) is 6.33. The molecular weight excluding hydrogens is 356 g/mol. The van der Waals surface area contributed by atoms with Crippen molar-refractivity contribution in [2.75, 3.05) is 0 Å². The Labute approximate surface area is 163 Å². The molecule has 3 heteroatoms. The molecule has 0 saturated carbocycles. The van der Waals surface area contributed by atoms with Gasteiger partial charge >= 0.3 is 0 Å². The summed E-state index contributed by atoms with van der Waals surface area (Å²) in [5.41, 5.74) is 5.32. The van der Waals surface area contributed by atoms with Crippen LogP contribution in [-0.2, 0) is 0 Å². The maximum absolute atomic E-state index is 6.34. The summed E-state index contributed by atoms with van der Waals surface area (Å²) in [6.45, 7) is 2.08. The fourth-order valence-electron chi connectivity index (χ4n) is 3.51. The molecule has 0 N–H and O–H groups in total. The third-order valence-electron chi connectivity index (χ3n) is 4.91. The number of rotatable bonds is 2. The van der Waals surface area contributed by atoms with Crippen LogP contribution in [0.15, 0.2) is 83.3 Å². The Hall–Kier alpha value is -2.97. The van der Waals surface area contributed by atoms with Crippen molar-refractivity contribution >= 4 is 11.6 Å². The lowest BCUT2D eigenvalue weighted by Crippen LogP contribution is -2.14. The first-order chi connectivity index (χ1) is 13.2. The van der Waals surface area contributed by atoms with E-state index in [4.69, 9.17) is 20.8 Å². The van der Waals surface area contributed by atoms with Crippen molar-refractivity contribution in [2.45, 2.75) is 13.0 Å². The predicted molar refractivity (Wildman–Crippen MR) is 108 cm³/mol. The SMILES string of the molecule is Cc1ccc(C2Oc3ccc(Cl)cc3-c3cc(-c4ccccc4)oc32)cc1. The average molecular weight is 373 g/mol. The number of benzene rings is 3. The minimum absolute atomic E-state index is 0.285. The normalized spacial score (nSPS) is 15.0. The van der Waals surface area contributed by atoms with Crippen LogP contribution >= 0.6 is 11.6 Å². The molecule has 3 aromatic carbocycles. The Kier molecular flexibility index (Phi) is 3.80. The van der Waals surface area contributed by atoms with Crippen LogP contribution in [0.3, 0.4) is 0 Å². The summed E-state index contributed by atoms with van der Waals surface area (Å²) >= 11 is 6.25. The van der Waals surface area contributed by atoms with E-state index in [9.17, 15) is 0 Å². The van der Waals surface area contributed by atoms with Gasteiger partial charge in [-0.1, -0.05) is 71.8 Å². The van der Waals surface area contributed by atoms with Crippen LogP contribution in [0.25, 0.3) is 22.5 Å². The lowest BCUT2D eigenvalue weighted by atomic mass is 9.95. The van der Waals surface area contributed by atoms with Gasteiger partial charge in [0.15, 0.2) is 11.9 Å². The lowest BCUT2D eigenvalue weighted by molar-refractivity contribution is 0.212. The predicted octanol–water partition coefficient (Wildman–Crippen LogP) is 7.06. The number of furan rings is 1. The van der Waals surface area contributed by atoms with E-state index < -0.39 is 0 Å². The highest BCUT2D eigenvalue weighted by atomic mass is 35.5. The van der Waals surface area contributed by atoms with Gasteiger partial charge in [-0.2, -0.15) is 0 Å². The van der Waals surface area contributed by atoms with E-state index >= 15 is 0 Å². The van der Waals surface area contributed by atoms with E-state index in [0.29, 0.717) is 5.02 Å². The van der Waals surface area contributed by atoms with Gasteiger partial charge in [-0.15, -0.1) is 0 Å². The van der Waals surface area contributed by atoms with E-state index in [1.807, 2.05) is 48.5 Å². The van der Waals surface area contributed by atoms with E-state index in [1.165, 1.54) is 5.56 Å². The monoisotopic (exact) mass is 372 g/mol. The number of aryl methyl sites for hydroxylation is 1. The van der Waals surface area contributed by atoms with E-state index in [-0.39, 0.29) is 6.10 Å². The molecule has 1 aliphatic heterocycles. The first kappa shape index (κ1) is 16.2. The second-order valence-electron chi connectivity index (χ2n) is 6.80. The molecule has 1 unspecified atom stereocenters. The highest BCUT2D eigenvalue weighted by molar-refractivity contribution is 6.31. The molecule has 0 bridgehead atoms. The minimum atomic E-state index is -0.285. The molecule has 0 spiro atoms. The summed E-state index contributed by atoms with van der Waals surface area (Å²) in [6.07, 6.45) is -0.285. The van der Waals surface area contributed by atoms with Crippen LogP contribution in [-0.4, -0.2) is 0 Å². The maximum Gasteiger partial charge on any atom is 0.182 e. The van der Waals surface area contributed by atoms with Crippen LogP contribution in [0.5, 0.6) is 5.75 Å². The van der Waals surface area contributed by atoms with Crippen molar-refractivity contribution in [2.24, 2.45) is 0 Å². The fraction of sp³-hybridized carbons (Fsp3) is 0.0833. The van der Waals surface area contributed by atoms with Gasteiger partial charge in [0.05, 0.1) is 0 Å². The molecule has 4 aromatic rings. The van der Waals surface area contributed by atoms with E-state index in [1.54, 1.807) is 0 Å². The first-order valence-electron chi connectivity index (χ1n) is 8.91. The van der Waals surface area contributed by atoms with Crippen molar-refractivity contribution in [3.63, 3.8) is 0 Å². The molecule has 0 aliphatic carbocycles. The van der Waals surface area contributed by atoms with Crippen molar-refractivity contribution in [3.05, 3.63) is 101 Å². The molecule has 1 aromatic heterocycles. The number of ether oxygens (including phenoxy) is 1. The Morgan fingerprint density at radius 2 is 1.59 bits per heavy atom. The van der Waals surface area contributed by atoms with E-state index in [0.717, 1.165) is 39.5 Å². The third kappa shape index (κ3) is 2.83. The van der Waals surface area contributed by atoms with E-state index in [2.05, 4.69) is 37.3 Å². The molecule has 1 aliphatic rings. The lowest BCUT2D eigenvalue weighted by Gasteiger charge is -2.25. The van der Waals surface area contributed by atoms with Crippen molar-refractivity contribution in [1.29, 1.82) is 0 Å². The smallest absolute Gasteiger partial charge is 0.182 e. The van der Waals surface area contributed by atoms with Crippen molar-refractivity contribution in [3.8, 4) is 28.2 Å². The van der Waals surface area contributed by atoms with Gasteiger partial charge in [-0.05, 0) is 31.2 Å². The number of hydrogen-bond donors (Lipinski definition) is 0.